The number of carbonyl (C=O) groups excluding carboxylic acids is 1. The van der Waals surface area contributed by atoms with Gasteiger partial charge >= 0.3 is 11.9 Å². The van der Waals surface area contributed by atoms with Gasteiger partial charge in [-0.05, 0) is 18.6 Å². The van der Waals surface area contributed by atoms with E-state index in [-0.39, 0.29) is 21.2 Å². The molecule has 24 heavy (non-hydrogen) atoms. The number of halogens is 1. The molecule has 0 bridgehead atoms. The van der Waals surface area contributed by atoms with Gasteiger partial charge in [-0.1, -0.05) is 42.2 Å². The van der Waals surface area contributed by atoms with Gasteiger partial charge in [-0.3, -0.25) is 14.5 Å². The summed E-state index contributed by atoms with van der Waals surface area (Å²) in [5, 5.41) is 18.0. The van der Waals surface area contributed by atoms with Crippen LogP contribution in [0.2, 0.25) is 0 Å². The Bertz CT molecular complexity index is 749. The Morgan fingerprint density at radius 2 is 2.00 bits per heavy atom. The average molecular weight is 369 g/mol. The van der Waals surface area contributed by atoms with Gasteiger partial charge in [0.1, 0.15) is 16.2 Å². The molecule has 0 spiro atoms. The molecule has 2 rings (SSSR count). The molecule has 126 valence electrons. The highest BCUT2D eigenvalue weighted by molar-refractivity contribution is 8.26. The van der Waals surface area contributed by atoms with Crippen molar-refractivity contribution in [3.63, 3.8) is 0 Å². The Morgan fingerprint density at radius 1 is 1.33 bits per heavy atom. The first kappa shape index (κ1) is 18.1. The highest BCUT2D eigenvalue weighted by Crippen LogP contribution is 2.35. The van der Waals surface area contributed by atoms with Crippen LogP contribution in [0.3, 0.4) is 0 Å². The van der Waals surface area contributed by atoms with Crippen molar-refractivity contribution in [1.82, 2.24) is 4.90 Å². The summed E-state index contributed by atoms with van der Waals surface area (Å²) in [6.45, 7) is 0. The van der Waals surface area contributed by atoms with Gasteiger partial charge in [0.2, 0.25) is 0 Å². The van der Waals surface area contributed by atoms with E-state index in [9.17, 15) is 23.9 Å². The topological polar surface area (TPSA) is 94.9 Å². The van der Waals surface area contributed by atoms with Crippen molar-refractivity contribution < 1.29 is 29.0 Å². The van der Waals surface area contributed by atoms with Gasteiger partial charge in [0.05, 0.1) is 4.91 Å². The fraction of sp³-hybridized carbons (Fsp3) is 0.200. The molecule has 0 aromatic heterocycles. The quantitative estimate of drug-likeness (QED) is 0.587. The monoisotopic (exact) mass is 369 g/mol. The second-order valence-corrected chi connectivity index (χ2v) is 6.54. The molecule has 1 atom stereocenters. The van der Waals surface area contributed by atoms with Crippen molar-refractivity contribution in [3.8, 4) is 0 Å². The maximum absolute atomic E-state index is 13.7. The lowest BCUT2D eigenvalue weighted by atomic mass is 10.1. The Balaban J connectivity index is 2.28. The van der Waals surface area contributed by atoms with Crippen LogP contribution in [0.1, 0.15) is 18.4 Å². The minimum atomic E-state index is -1.37. The third-order valence-corrected chi connectivity index (χ3v) is 4.57. The fourth-order valence-corrected chi connectivity index (χ4v) is 3.45. The Hall–Kier alpha value is -2.26. The normalized spacial score (nSPS) is 17.4. The van der Waals surface area contributed by atoms with E-state index in [0.717, 1.165) is 16.7 Å². The molecule has 1 fully saturated rings. The number of hydrogen-bond acceptors (Lipinski definition) is 5. The molecule has 9 heteroatoms. The summed E-state index contributed by atoms with van der Waals surface area (Å²) in [5.41, 5.74) is 0.176. The molecule has 0 aliphatic carbocycles. The minimum absolute atomic E-state index is 0.000350. The van der Waals surface area contributed by atoms with Crippen molar-refractivity contribution in [3.05, 3.63) is 40.6 Å². The number of thioether (sulfide) groups is 1. The number of nitrogens with zero attached hydrogens (tertiary/aromatic N) is 1. The van der Waals surface area contributed by atoms with Gasteiger partial charge in [0.25, 0.3) is 5.91 Å². The summed E-state index contributed by atoms with van der Waals surface area (Å²) < 4.78 is 13.7. The van der Waals surface area contributed by atoms with E-state index in [2.05, 4.69) is 0 Å². The molecule has 1 aromatic rings. The number of rotatable bonds is 6. The molecule has 1 amide bonds. The number of carboxylic acid groups (broad SMARTS) is 2. The number of amides is 1. The van der Waals surface area contributed by atoms with E-state index in [0.29, 0.717) is 0 Å². The summed E-state index contributed by atoms with van der Waals surface area (Å²) in [6.07, 6.45) is 0.606. The fourth-order valence-electron chi connectivity index (χ4n) is 2.11. The van der Waals surface area contributed by atoms with Crippen LogP contribution in [0.15, 0.2) is 29.2 Å². The SMILES string of the molecule is O=C(O)CCC(C(=O)O)N1C(=O)/C(=C\c2ccccc2F)SC1=S. The van der Waals surface area contributed by atoms with Crippen LogP contribution in [0.5, 0.6) is 0 Å². The van der Waals surface area contributed by atoms with Crippen LogP contribution in [0.25, 0.3) is 6.08 Å². The molecule has 1 unspecified atom stereocenters. The van der Waals surface area contributed by atoms with Gasteiger partial charge in [0, 0.05) is 12.0 Å². The zero-order chi connectivity index (χ0) is 17.9. The molecule has 1 aliphatic heterocycles. The van der Waals surface area contributed by atoms with Gasteiger partial charge in [0.15, 0.2) is 0 Å². The first-order valence-corrected chi connectivity index (χ1v) is 8.00. The molecule has 6 nitrogen and oxygen atoms in total. The number of thiocarbonyl (C=S) groups is 1. The Labute approximate surface area is 146 Å². The smallest absolute Gasteiger partial charge is 0.326 e. The third-order valence-electron chi connectivity index (χ3n) is 3.24. The average Bonchev–Trinajstić information content (AvgIpc) is 2.77. The summed E-state index contributed by atoms with van der Waals surface area (Å²) in [4.78, 5) is 35.4. The zero-order valence-electron chi connectivity index (χ0n) is 12.1. The molecule has 1 aliphatic rings. The van der Waals surface area contributed by atoms with Crippen molar-refractivity contribution in [2.75, 3.05) is 0 Å². The molecule has 0 radical (unpaired) electrons. The van der Waals surface area contributed by atoms with Gasteiger partial charge in [-0.25, -0.2) is 9.18 Å². The highest BCUT2D eigenvalue weighted by Gasteiger charge is 2.40. The standard InChI is InChI=1S/C15H12FNO5S2/c16-9-4-2-1-3-8(9)7-11-13(20)17(15(23)24-11)10(14(21)22)5-6-12(18)19/h1-4,7,10H,5-6H2,(H,18,19)(H,21,22)/b11-7+. The number of aliphatic carboxylic acids is 2. The maximum atomic E-state index is 13.7. The van der Waals surface area contributed by atoms with Gasteiger partial charge in [-0.2, -0.15) is 0 Å². The lowest BCUT2D eigenvalue weighted by Crippen LogP contribution is -2.44. The number of benzene rings is 1. The number of hydrogen-bond donors (Lipinski definition) is 2. The van der Waals surface area contributed by atoms with E-state index < -0.39 is 36.1 Å². The molecule has 1 heterocycles. The van der Waals surface area contributed by atoms with Crippen LogP contribution < -0.4 is 0 Å². The number of carbonyl (C=O) groups is 3. The zero-order valence-corrected chi connectivity index (χ0v) is 13.8. The molecule has 1 saturated heterocycles. The molecule has 1 aromatic carbocycles. The lowest BCUT2D eigenvalue weighted by molar-refractivity contribution is -0.146. The van der Waals surface area contributed by atoms with E-state index >= 15 is 0 Å². The molecule has 0 saturated carbocycles. The molecular weight excluding hydrogens is 357 g/mol. The summed E-state index contributed by atoms with van der Waals surface area (Å²) >= 11 is 5.90. The summed E-state index contributed by atoms with van der Waals surface area (Å²) in [5.74, 6) is -3.72. The van der Waals surface area contributed by atoms with Crippen molar-refractivity contribution in [2.24, 2.45) is 0 Å². The Kier molecular flexibility index (Phi) is 5.68. The van der Waals surface area contributed by atoms with E-state index in [4.69, 9.17) is 17.3 Å². The van der Waals surface area contributed by atoms with E-state index in [1.54, 1.807) is 6.07 Å². The van der Waals surface area contributed by atoms with Crippen LogP contribution in [0, 0.1) is 5.82 Å². The second-order valence-electron chi connectivity index (χ2n) is 4.86. The predicted octanol–water partition coefficient (Wildman–Crippen LogP) is 2.34. The van der Waals surface area contributed by atoms with Gasteiger partial charge in [-0.15, -0.1) is 0 Å². The molecular formula is C15H12FNO5S2. The second kappa shape index (κ2) is 7.54. The van der Waals surface area contributed by atoms with Crippen LogP contribution in [0.4, 0.5) is 4.39 Å². The first-order chi connectivity index (χ1) is 11.3. The predicted molar refractivity (Wildman–Crippen MR) is 89.7 cm³/mol. The summed E-state index contributed by atoms with van der Waals surface area (Å²) in [6, 6.07) is 4.44. The third kappa shape index (κ3) is 3.98. The van der Waals surface area contributed by atoms with Crippen molar-refractivity contribution in [2.45, 2.75) is 18.9 Å². The van der Waals surface area contributed by atoms with Crippen molar-refractivity contribution >= 4 is 52.2 Å². The first-order valence-electron chi connectivity index (χ1n) is 6.77. The van der Waals surface area contributed by atoms with Crippen LogP contribution in [-0.2, 0) is 14.4 Å². The lowest BCUT2D eigenvalue weighted by Gasteiger charge is -2.22. The van der Waals surface area contributed by atoms with Crippen molar-refractivity contribution in [1.29, 1.82) is 0 Å². The number of carboxylic acids is 2. The van der Waals surface area contributed by atoms with E-state index in [1.165, 1.54) is 24.3 Å². The largest absolute Gasteiger partial charge is 0.481 e. The molecule has 2 N–H and O–H groups in total. The van der Waals surface area contributed by atoms with Crippen LogP contribution >= 0.6 is 24.0 Å². The minimum Gasteiger partial charge on any atom is -0.481 e. The van der Waals surface area contributed by atoms with Gasteiger partial charge < -0.3 is 10.2 Å². The highest BCUT2D eigenvalue weighted by atomic mass is 32.2. The summed E-state index contributed by atoms with van der Waals surface area (Å²) in [7, 11) is 0. The maximum Gasteiger partial charge on any atom is 0.326 e. The van der Waals surface area contributed by atoms with Crippen LogP contribution in [-0.4, -0.2) is 43.3 Å². The van der Waals surface area contributed by atoms with E-state index in [1.807, 2.05) is 0 Å². The Morgan fingerprint density at radius 3 is 2.58 bits per heavy atom.